The fraction of sp³-hybridized carbons (Fsp3) is 0.167. The van der Waals surface area contributed by atoms with Gasteiger partial charge in [-0.3, -0.25) is 19.2 Å². The number of benzene rings is 3. The predicted molar refractivity (Wildman–Crippen MR) is 122 cm³/mol. The molecule has 8 heteroatoms. The number of carbonyl (C=O) groups excluding carboxylic acids is 4. The summed E-state index contributed by atoms with van der Waals surface area (Å²) in [6, 6.07) is 19.8. The molecule has 0 aliphatic rings. The molecule has 8 nitrogen and oxygen atoms in total. The summed E-state index contributed by atoms with van der Waals surface area (Å²) in [5.41, 5.74) is 1.77. The van der Waals surface area contributed by atoms with Crippen molar-refractivity contribution in [3.05, 3.63) is 66.7 Å². The first-order valence-corrected chi connectivity index (χ1v) is 10.0. The lowest BCUT2D eigenvalue weighted by Gasteiger charge is -2.09. The van der Waals surface area contributed by atoms with Crippen LogP contribution in [-0.2, 0) is 23.9 Å². The number of carbonyl (C=O) groups is 4. The third-order valence-electron chi connectivity index (χ3n) is 4.47. The molecule has 32 heavy (non-hydrogen) atoms. The molecule has 0 unspecified atom stereocenters. The molecule has 164 valence electrons. The standard InChI is InChI=1S/C24H23N3O5/c1-16(28)25-18-9-11-19(12-10-18)26-23(30)15-32-24(31)14-13-22(29)27-21-8-4-6-17-5-2-3-7-20(17)21/h2-12H,13-15H2,1H3,(H,25,28)(H,26,30)(H,27,29). The van der Waals surface area contributed by atoms with Crippen LogP contribution in [0.5, 0.6) is 0 Å². The number of ether oxygens (including phenoxy) is 1. The molecule has 0 radical (unpaired) electrons. The summed E-state index contributed by atoms with van der Waals surface area (Å²) in [7, 11) is 0. The van der Waals surface area contributed by atoms with Gasteiger partial charge in [0.25, 0.3) is 5.91 Å². The highest BCUT2D eigenvalue weighted by Gasteiger charge is 2.12. The average molecular weight is 433 g/mol. The first-order valence-electron chi connectivity index (χ1n) is 10.0. The molecule has 0 heterocycles. The minimum atomic E-state index is -0.644. The molecule has 0 aliphatic carbocycles. The minimum Gasteiger partial charge on any atom is -0.456 e. The van der Waals surface area contributed by atoms with E-state index in [-0.39, 0.29) is 24.7 Å². The zero-order valence-corrected chi connectivity index (χ0v) is 17.5. The number of amides is 3. The van der Waals surface area contributed by atoms with Crippen LogP contribution in [-0.4, -0.2) is 30.3 Å². The van der Waals surface area contributed by atoms with Gasteiger partial charge in [0.2, 0.25) is 11.8 Å². The molecular formula is C24H23N3O5. The molecule has 0 saturated carbocycles. The Labute approximate surface area is 184 Å². The lowest BCUT2D eigenvalue weighted by atomic mass is 10.1. The van der Waals surface area contributed by atoms with E-state index in [1.165, 1.54) is 6.92 Å². The van der Waals surface area contributed by atoms with E-state index in [0.29, 0.717) is 17.1 Å². The number of fused-ring (bicyclic) bond motifs is 1. The smallest absolute Gasteiger partial charge is 0.306 e. The number of hydrogen-bond donors (Lipinski definition) is 3. The van der Waals surface area contributed by atoms with Crippen molar-refractivity contribution >= 4 is 51.5 Å². The number of nitrogens with one attached hydrogen (secondary N) is 3. The van der Waals surface area contributed by atoms with Crippen molar-refractivity contribution in [2.24, 2.45) is 0 Å². The Balaban J connectivity index is 1.40. The quantitative estimate of drug-likeness (QED) is 0.469. The Bertz CT molecular complexity index is 1140. The summed E-state index contributed by atoms with van der Waals surface area (Å²) in [5, 5.41) is 9.92. The minimum absolute atomic E-state index is 0.0612. The van der Waals surface area contributed by atoms with Gasteiger partial charge in [-0.05, 0) is 35.7 Å². The van der Waals surface area contributed by atoms with Crippen molar-refractivity contribution in [2.75, 3.05) is 22.6 Å². The lowest BCUT2D eigenvalue weighted by molar-refractivity contribution is -0.147. The largest absolute Gasteiger partial charge is 0.456 e. The van der Waals surface area contributed by atoms with E-state index in [0.717, 1.165) is 10.8 Å². The summed E-state index contributed by atoms with van der Waals surface area (Å²) >= 11 is 0. The molecule has 0 aromatic heterocycles. The molecular weight excluding hydrogens is 410 g/mol. The molecule has 3 rings (SSSR count). The first-order chi connectivity index (χ1) is 15.4. The van der Waals surface area contributed by atoms with Gasteiger partial charge in [0, 0.05) is 35.8 Å². The average Bonchev–Trinajstić information content (AvgIpc) is 2.77. The Morgan fingerprint density at radius 1 is 0.719 bits per heavy atom. The maximum Gasteiger partial charge on any atom is 0.306 e. The van der Waals surface area contributed by atoms with E-state index in [1.807, 2.05) is 36.4 Å². The monoisotopic (exact) mass is 433 g/mol. The molecule has 0 spiro atoms. The van der Waals surface area contributed by atoms with Crippen LogP contribution in [0.4, 0.5) is 17.1 Å². The van der Waals surface area contributed by atoms with Crippen molar-refractivity contribution in [3.8, 4) is 0 Å². The molecule has 0 bridgehead atoms. The van der Waals surface area contributed by atoms with Crippen molar-refractivity contribution in [1.82, 2.24) is 0 Å². The second kappa shape index (κ2) is 10.7. The van der Waals surface area contributed by atoms with Gasteiger partial charge in [-0.2, -0.15) is 0 Å². The van der Waals surface area contributed by atoms with Crippen LogP contribution in [0.15, 0.2) is 66.7 Å². The van der Waals surface area contributed by atoms with E-state index in [1.54, 1.807) is 30.3 Å². The van der Waals surface area contributed by atoms with E-state index in [2.05, 4.69) is 16.0 Å². The molecule has 0 aliphatic heterocycles. The van der Waals surface area contributed by atoms with E-state index < -0.39 is 18.5 Å². The highest BCUT2D eigenvalue weighted by atomic mass is 16.5. The van der Waals surface area contributed by atoms with Gasteiger partial charge < -0.3 is 20.7 Å². The topological polar surface area (TPSA) is 114 Å². The third kappa shape index (κ3) is 6.66. The maximum atomic E-state index is 12.2. The Morgan fingerprint density at radius 2 is 1.38 bits per heavy atom. The summed E-state index contributed by atoms with van der Waals surface area (Å²) < 4.78 is 4.94. The van der Waals surface area contributed by atoms with Crippen LogP contribution in [0.3, 0.4) is 0 Å². The zero-order chi connectivity index (χ0) is 22.9. The van der Waals surface area contributed by atoms with Crippen LogP contribution in [0, 0.1) is 0 Å². The first kappa shape index (κ1) is 22.5. The number of rotatable bonds is 8. The third-order valence-corrected chi connectivity index (χ3v) is 4.47. The number of anilines is 3. The van der Waals surface area contributed by atoms with E-state index in [4.69, 9.17) is 4.74 Å². The fourth-order valence-electron chi connectivity index (χ4n) is 3.02. The molecule has 3 aromatic rings. The van der Waals surface area contributed by atoms with Gasteiger partial charge >= 0.3 is 5.97 Å². The van der Waals surface area contributed by atoms with Crippen LogP contribution in [0.1, 0.15) is 19.8 Å². The van der Waals surface area contributed by atoms with Crippen LogP contribution in [0.2, 0.25) is 0 Å². The van der Waals surface area contributed by atoms with Gasteiger partial charge in [0.15, 0.2) is 6.61 Å². The van der Waals surface area contributed by atoms with Crippen molar-refractivity contribution in [3.63, 3.8) is 0 Å². The molecule has 3 N–H and O–H groups in total. The van der Waals surface area contributed by atoms with Gasteiger partial charge in [-0.1, -0.05) is 36.4 Å². The van der Waals surface area contributed by atoms with Crippen LogP contribution >= 0.6 is 0 Å². The molecule has 0 fully saturated rings. The van der Waals surface area contributed by atoms with Crippen molar-refractivity contribution in [1.29, 1.82) is 0 Å². The van der Waals surface area contributed by atoms with Crippen molar-refractivity contribution < 1.29 is 23.9 Å². The highest BCUT2D eigenvalue weighted by molar-refractivity contribution is 6.02. The Hall–Kier alpha value is -4.20. The molecule has 3 amide bonds. The SMILES string of the molecule is CC(=O)Nc1ccc(NC(=O)COC(=O)CCC(=O)Nc2cccc3ccccc23)cc1. The summed E-state index contributed by atoms with van der Waals surface area (Å²) in [4.78, 5) is 47.1. The number of esters is 1. The fourth-order valence-corrected chi connectivity index (χ4v) is 3.02. The highest BCUT2D eigenvalue weighted by Crippen LogP contribution is 2.23. The van der Waals surface area contributed by atoms with E-state index >= 15 is 0 Å². The second-order valence-corrected chi connectivity index (χ2v) is 7.04. The number of hydrogen-bond acceptors (Lipinski definition) is 5. The van der Waals surface area contributed by atoms with Crippen molar-refractivity contribution in [2.45, 2.75) is 19.8 Å². The summed E-state index contributed by atoms with van der Waals surface area (Å²) in [6.45, 7) is 0.939. The van der Waals surface area contributed by atoms with Crippen LogP contribution in [0.25, 0.3) is 10.8 Å². The van der Waals surface area contributed by atoms with Gasteiger partial charge in [0.05, 0.1) is 6.42 Å². The normalized spacial score (nSPS) is 10.3. The van der Waals surface area contributed by atoms with E-state index in [9.17, 15) is 19.2 Å². The maximum absolute atomic E-state index is 12.2. The van der Waals surface area contributed by atoms with Gasteiger partial charge in [-0.15, -0.1) is 0 Å². The summed E-state index contributed by atoms with van der Waals surface area (Å²) in [6.07, 6.45) is -0.205. The van der Waals surface area contributed by atoms with Gasteiger partial charge in [-0.25, -0.2) is 0 Å². The zero-order valence-electron chi connectivity index (χ0n) is 17.5. The predicted octanol–water partition coefficient (Wildman–Crippen LogP) is 3.70. The Kier molecular flexibility index (Phi) is 7.53. The Morgan fingerprint density at radius 3 is 2.09 bits per heavy atom. The van der Waals surface area contributed by atoms with Crippen LogP contribution < -0.4 is 16.0 Å². The lowest BCUT2D eigenvalue weighted by Crippen LogP contribution is -2.21. The molecule has 0 saturated heterocycles. The summed E-state index contributed by atoms with van der Waals surface area (Å²) in [5.74, 6) is -1.67. The van der Waals surface area contributed by atoms with Gasteiger partial charge in [0.1, 0.15) is 0 Å². The molecule has 3 aromatic carbocycles. The second-order valence-electron chi connectivity index (χ2n) is 7.04. The molecule has 0 atom stereocenters.